The van der Waals surface area contributed by atoms with Gasteiger partial charge in [0.1, 0.15) is 6.61 Å². The van der Waals surface area contributed by atoms with Gasteiger partial charge in [0, 0.05) is 30.1 Å². The first kappa shape index (κ1) is 21.9. The molecule has 0 saturated heterocycles. The largest absolute Gasteiger partial charge is 0.501 e. The van der Waals surface area contributed by atoms with Crippen molar-refractivity contribution in [3.63, 3.8) is 0 Å². The Morgan fingerprint density at radius 2 is 1.82 bits per heavy atom. The van der Waals surface area contributed by atoms with E-state index in [4.69, 9.17) is 18.8 Å². The van der Waals surface area contributed by atoms with E-state index in [2.05, 4.69) is 15.6 Å². The lowest BCUT2D eigenvalue weighted by Gasteiger charge is -2.11. The van der Waals surface area contributed by atoms with E-state index in [1.807, 2.05) is 0 Å². The Bertz CT molecular complexity index is 1310. The number of carbonyl (C=O) groups excluding carboxylic acids is 2. The fourth-order valence-corrected chi connectivity index (χ4v) is 3.76. The van der Waals surface area contributed by atoms with E-state index in [1.165, 1.54) is 12.1 Å². The smallest absolute Gasteiger partial charge is 0.445 e. The van der Waals surface area contributed by atoms with Gasteiger partial charge >= 0.3 is 16.5 Å². The monoisotopic (exact) mass is 470 g/mol. The zero-order valence-corrected chi connectivity index (χ0v) is 17.8. The zero-order chi connectivity index (χ0) is 23.4. The summed E-state index contributed by atoms with van der Waals surface area (Å²) in [6.07, 6.45) is 2.41. The highest BCUT2D eigenvalue weighted by Crippen LogP contribution is 2.42. The van der Waals surface area contributed by atoms with Gasteiger partial charge in [-0.1, -0.05) is 24.3 Å². The van der Waals surface area contributed by atoms with Crippen molar-refractivity contribution in [3.05, 3.63) is 77.6 Å². The Morgan fingerprint density at radius 1 is 1.03 bits per heavy atom. The Labute approximate surface area is 188 Å². The van der Waals surface area contributed by atoms with Crippen LogP contribution in [0.4, 0.5) is 16.2 Å². The number of nitrogens with one attached hydrogen (secondary N) is 2. The van der Waals surface area contributed by atoms with Crippen LogP contribution in [0.5, 0.6) is 11.5 Å². The molecule has 2 amide bonds. The molecule has 1 aliphatic heterocycles. The van der Waals surface area contributed by atoms with E-state index in [9.17, 15) is 18.0 Å². The van der Waals surface area contributed by atoms with Crippen molar-refractivity contribution >= 4 is 33.8 Å². The number of ether oxygens (including phenoxy) is 1. The third kappa shape index (κ3) is 5.13. The molecule has 2 heterocycles. The molecule has 170 valence electrons. The number of hydrogen-bond acceptors (Lipinski definition) is 9. The van der Waals surface area contributed by atoms with E-state index >= 15 is 0 Å². The van der Waals surface area contributed by atoms with Crippen LogP contribution in [-0.4, -0.2) is 25.4 Å². The number of hydrogen-bond donors (Lipinski definition) is 3. The molecule has 0 atom stereocenters. The fraction of sp³-hybridized carbons (Fsp3) is 0.0952. The van der Waals surface area contributed by atoms with Crippen molar-refractivity contribution in [3.8, 4) is 11.5 Å². The molecular formula is C21H18N4O7S. The Hall–Kier alpha value is -4.32. The number of anilines is 2. The van der Waals surface area contributed by atoms with Crippen LogP contribution < -0.4 is 24.7 Å². The number of nitrogens with zero attached hydrogens (tertiary/aromatic N) is 1. The number of pyridine rings is 1. The van der Waals surface area contributed by atoms with Crippen LogP contribution in [-0.2, 0) is 28.3 Å². The maximum absolute atomic E-state index is 12.7. The van der Waals surface area contributed by atoms with Crippen LogP contribution in [0.1, 0.15) is 21.5 Å². The van der Waals surface area contributed by atoms with Crippen LogP contribution in [0.3, 0.4) is 0 Å². The summed E-state index contributed by atoms with van der Waals surface area (Å²) in [7, 11) is -4.41. The second-order valence-corrected chi connectivity index (χ2v) is 7.99. The van der Waals surface area contributed by atoms with E-state index in [0.717, 1.165) is 0 Å². The molecule has 11 nitrogen and oxygen atoms in total. The highest BCUT2D eigenvalue weighted by molar-refractivity contribution is 7.82. The highest BCUT2D eigenvalue weighted by Gasteiger charge is 2.35. The number of aromatic nitrogens is 1. The number of nitrogen functional groups attached to an aromatic ring is 1. The van der Waals surface area contributed by atoms with Crippen molar-refractivity contribution in [1.29, 1.82) is 0 Å². The molecule has 3 aromatic rings. The van der Waals surface area contributed by atoms with Gasteiger partial charge in [0.05, 0.1) is 16.9 Å². The number of nitrogens with two attached hydrogens (primary N) is 1. The Balaban J connectivity index is 1.49. The second kappa shape index (κ2) is 9.04. The first-order valence-electron chi connectivity index (χ1n) is 9.57. The van der Waals surface area contributed by atoms with Gasteiger partial charge in [-0.3, -0.25) is 9.78 Å². The summed E-state index contributed by atoms with van der Waals surface area (Å²) >= 11 is 0. The fourth-order valence-electron chi connectivity index (χ4n) is 2.97. The molecule has 0 unspecified atom stereocenters. The number of benzene rings is 2. The number of rotatable bonds is 6. The van der Waals surface area contributed by atoms with Crippen molar-refractivity contribution < 1.29 is 31.1 Å². The Kier molecular flexibility index (Phi) is 6.00. The van der Waals surface area contributed by atoms with E-state index in [1.54, 1.807) is 48.8 Å². The summed E-state index contributed by atoms with van der Waals surface area (Å²) in [5.41, 5.74) is 7.39. The molecule has 0 radical (unpaired) electrons. The van der Waals surface area contributed by atoms with E-state index in [-0.39, 0.29) is 35.8 Å². The van der Waals surface area contributed by atoms with Crippen LogP contribution in [0.25, 0.3) is 0 Å². The number of para-hydroxylation sites is 2. The van der Waals surface area contributed by atoms with Crippen LogP contribution in [0.15, 0.2) is 60.9 Å². The maximum Gasteiger partial charge on any atom is 0.501 e. The zero-order valence-electron chi connectivity index (χ0n) is 17.0. The average Bonchev–Trinajstić information content (AvgIpc) is 3.13. The third-order valence-corrected chi connectivity index (χ3v) is 5.28. The quantitative estimate of drug-likeness (QED) is 0.460. The minimum atomic E-state index is -4.41. The minimum absolute atomic E-state index is 0.00744. The second-order valence-electron chi connectivity index (χ2n) is 6.84. The molecule has 0 bridgehead atoms. The lowest BCUT2D eigenvalue weighted by atomic mass is 10.1. The molecule has 1 aliphatic rings. The third-order valence-electron chi connectivity index (χ3n) is 4.53. The topological polar surface area (TPSA) is 159 Å². The number of carbonyl (C=O) groups is 2. The predicted octanol–water partition coefficient (Wildman–Crippen LogP) is 2.36. The lowest BCUT2D eigenvalue weighted by Crippen LogP contribution is -2.24. The maximum atomic E-state index is 12.7. The summed E-state index contributed by atoms with van der Waals surface area (Å²) in [6, 6.07) is 12.8. The Morgan fingerprint density at radius 3 is 2.58 bits per heavy atom. The molecular weight excluding hydrogens is 452 g/mol. The van der Waals surface area contributed by atoms with Gasteiger partial charge in [-0.15, -0.1) is 8.42 Å². The van der Waals surface area contributed by atoms with Crippen molar-refractivity contribution in [1.82, 2.24) is 10.3 Å². The van der Waals surface area contributed by atoms with Crippen molar-refractivity contribution in [2.75, 3.05) is 11.1 Å². The van der Waals surface area contributed by atoms with Gasteiger partial charge in [-0.05, 0) is 24.3 Å². The summed E-state index contributed by atoms with van der Waals surface area (Å²) in [5, 5.41) is 5.09. The standard InChI is InChI=1S/C21H18N4O7S/c22-16-5-1-2-6-17(16)25-20(26)15-8-7-14(18-19(15)32-33(28,29)31-18)11-24-21(27)30-12-13-4-3-9-23-10-13/h1-10H,11-12,22H2,(H,24,27)(H,25,26). The number of alkyl carbamates (subject to hydrolysis) is 1. The average molecular weight is 470 g/mol. The SMILES string of the molecule is Nc1ccccc1NC(=O)c1ccc(CNC(=O)OCc2cccnc2)c2c1OS(=O)(=O)O2. The molecule has 0 saturated carbocycles. The van der Waals surface area contributed by atoms with Gasteiger partial charge in [-0.2, -0.15) is 0 Å². The number of fused-ring (bicyclic) bond motifs is 1. The predicted molar refractivity (Wildman–Crippen MR) is 117 cm³/mol. The van der Waals surface area contributed by atoms with Gasteiger partial charge < -0.3 is 29.5 Å². The summed E-state index contributed by atoms with van der Waals surface area (Å²) < 4.78 is 38.7. The van der Waals surface area contributed by atoms with Crippen molar-refractivity contribution in [2.24, 2.45) is 0 Å². The van der Waals surface area contributed by atoms with Crippen LogP contribution in [0, 0.1) is 0 Å². The van der Waals surface area contributed by atoms with E-state index in [0.29, 0.717) is 16.9 Å². The summed E-state index contributed by atoms with van der Waals surface area (Å²) in [6.45, 7) is -0.131. The van der Waals surface area contributed by atoms with Gasteiger partial charge in [0.25, 0.3) is 5.91 Å². The first-order valence-corrected chi connectivity index (χ1v) is 10.9. The van der Waals surface area contributed by atoms with Gasteiger partial charge in [0.2, 0.25) is 5.75 Å². The lowest BCUT2D eigenvalue weighted by molar-refractivity contribution is 0.102. The minimum Gasteiger partial charge on any atom is -0.445 e. The van der Waals surface area contributed by atoms with E-state index < -0.39 is 22.4 Å². The molecule has 4 N–H and O–H groups in total. The molecule has 4 rings (SSSR count). The van der Waals surface area contributed by atoms with Gasteiger partial charge in [0.15, 0.2) is 5.75 Å². The van der Waals surface area contributed by atoms with Crippen LogP contribution in [0.2, 0.25) is 0 Å². The molecule has 33 heavy (non-hydrogen) atoms. The molecule has 0 aliphatic carbocycles. The van der Waals surface area contributed by atoms with Crippen LogP contribution >= 0.6 is 0 Å². The van der Waals surface area contributed by atoms with Crippen molar-refractivity contribution in [2.45, 2.75) is 13.2 Å². The molecule has 0 spiro atoms. The molecule has 12 heteroatoms. The van der Waals surface area contributed by atoms with Gasteiger partial charge in [-0.25, -0.2) is 4.79 Å². The summed E-state index contributed by atoms with van der Waals surface area (Å²) in [4.78, 5) is 28.7. The summed E-state index contributed by atoms with van der Waals surface area (Å²) in [5.74, 6) is -1.14. The number of amides is 2. The first-order chi connectivity index (χ1) is 15.8. The molecule has 1 aromatic heterocycles. The molecule has 0 fully saturated rings. The molecule has 2 aromatic carbocycles. The highest BCUT2D eigenvalue weighted by atomic mass is 32.3. The normalized spacial score (nSPS) is 13.2.